The van der Waals surface area contributed by atoms with Crippen molar-refractivity contribution >= 4 is 0 Å². The van der Waals surface area contributed by atoms with Crippen molar-refractivity contribution in [3.63, 3.8) is 0 Å². The van der Waals surface area contributed by atoms with Gasteiger partial charge in [0, 0.05) is 32.4 Å². The van der Waals surface area contributed by atoms with E-state index in [2.05, 4.69) is 20.4 Å². The van der Waals surface area contributed by atoms with Gasteiger partial charge in [0.1, 0.15) is 5.75 Å². The van der Waals surface area contributed by atoms with Crippen LogP contribution in [-0.2, 0) is 13.2 Å². The van der Waals surface area contributed by atoms with Crippen molar-refractivity contribution in [1.82, 2.24) is 20.4 Å². The summed E-state index contributed by atoms with van der Waals surface area (Å²) in [6, 6.07) is 11.4. The summed E-state index contributed by atoms with van der Waals surface area (Å²) in [5, 5.41) is 17.1. The smallest absolute Gasteiger partial charge is 0.223 e. The van der Waals surface area contributed by atoms with Crippen LogP contribution in [0.3, 0.4) is 0 Å². The number of aliphatic hydroxyl groups is 1. The summed E-state index contributed by atoms with van der Waals surface area (Å²) < 4.78 is 10.5. The zero-order valence-corrected chi connectivity index (χ0v) is 13.9. The van der Waals surface area contributed by atoms with Crippen molar-refractivity contribution < 1.29 is 14.4 Å². The van der Waals surface area contributed by atoms with E-state index in [9.17, 15) is 5.11 Å². The van der Waals surface area contributed by atoms with Gasteiger partial charge in [-0.25, -0.2) is 0 Å². The first-order valence-corrected chi connectivity index (χ1v) is 8.00. The van der Waals surface area contributed by atoms with Crippen molar-refractivity contribution in [3.05, 3.63) is 71.6 Å². The Kier molecular flexibility index (Phi) is 5.71. The van der Waals surface area contributed by atoms with E-state index in [-0.39, 0.29) is 6.61 Å². The third kappa shape index (κ3) is 5.10. The average Bonchev–Trinajstić information content (AvgIpc) is 3.07. The average molecular weight is 340 g/mol. The van der Waals surface area contributed by atoms with Gasteiger partial charge in [-0.2, -0.15) is 4.98 Å². The standard InChI is InChI=1S/C18H20N4O3/c1-13-21-18(22-25-13)12-24-16-4-2-14(3-5-16)10-20-11-17(23)15-6-8-19-9-7-15/h2-9,17,20,23H,10-12H2,1H3. The quantitative estimate of drug-likeness (QED) is 0.649. The molecule has 2 aromatic heterocycles. The predicted octanol–water partition coefficient (Wildman–Crippen LogP) is 2.18. The van der Waals surface area contributed by atoms with Crippen LogP contribution >= 0.6 is 0 Å². The number of aromatic nitrogens is 3. The van der Waals surface area contributed by atoms with Crippen LogP contribution in [0.4, 0.5) is 0 Å². The molecule has 0 aliphatic carbocycles. The Labute approximate surface area is 145 Å². The Morgan fingerprint density at radius 2 is 1.92 bits per heavy atom. The molecule has 0 aliphatic heterocycles. The summed E-state index contributed by atoms with van der Waals surface area (Å²) in [5.74, 6) is 1.78. The molecular formula is C18H20N4O3. The molecule has 0 saturated carbocycles. The molecule has 0 saturated heterocycles. The van der Waals surface area contributed by atoms with E-state index in [0.717, 1.165) is 16.9 Å². The van der Waals surface area contributed by atoms with Crippen LogP contribution < -0.4 is 10.1 Å². The highest BCUT2D eigenvalue weighted by Gasteiger charge is 2.06. The largest absolute Gasteiger partial charge is 0.485 e. The Bertz CT molecular complexity index is 775. The molecule has 1 aromatic carbocycles. The molecule has 0 radical (unpaired) electrons. The molecular weight excluding hydrogens is 320 g/mol. The first-order valence-electron chi connectivity index (χ1n) is 8.00. The number of aliphatic hydroxyl groups excluding tert-OH is 1. The first kappa shape index (κ1) is 17.1. The molecule has 0 bridgehead atoms. The molecule has 7 heteroatoms. The Balaban J connectivity index is 1.43. The van der Waals surface area contributed by atoms with E-state index in [1.54, 1.807) is 19.3 Å². The number of hydrogen-bond acceptors (Lipinski definition) is 7. The van der Waals surface area contributed by atoms with Crippen LogP contribution in [-0.4, -0.2) is 26.8 Å². The number of nitrogens with zero attached hydrogens (tertiary/aromatic N) is 3. The summed E-state index contributed by atoms with van der Waals surface area (Å²) in [6.07, 6.45) is 2.80. The van der Waals surface area contributed by atoms with Crippen LogP contribution in [0.25, 0.3) is 0 Å². The number of nitrogens with one attached hydrogen (secondary N) is 1. The van der Waals surface area contributed by atoms with Gasteiger partial charge in [-0.3, -0.25) is 4.98 Å². The van der Waals surface area contributed by atoms with Gasteiger partial charge < -0.3 is 19.7 Å². The highest BCUT2D eigenvalue weighted by atomic mass is 16.5. The number of aryl methyl sites for hydroxylation is 1. The second-order valence-electron chi connectivity index (χ2n) is 5.59. The van der Waals surface area contributed by atoms with Gasteiger partial charge in [0.05, 0.1) is 6.10 Å². The van der Waals surface area contributed by atoms with Crippen molar-refractivity contribution in [2.45, 2.75) is 26.2 Å². The molecule has 0 amide bonds. The topological polar surface area (TPSA) is 93.3 Å². The molecule has 3 aromatic rings. The Morgan fingerprint density at radius 3 is 2.60 bits per heavy atom. The minimum Gasteiger partial charge on any atom is -0.485 e. The lowest BCUT2D eigenvalue weighted by molar-refractivity contribution is 0.174. The lowest BCUT2D eigenvalue weighted by atomic mass is 10.1. The Morgan fingerprint density at radius 1 is 1.16 bits per heavy atom. The molecule has 0 aliphatic rings. The molecule has 0 fully saturated rings. The fourth-order valence-electron chi connectivity index (χ4n) is 2.31. The van der Waals surface area contributed by atoms with E-state index < -0.39 is 6.10 Å². The first-order chi connectivity index (χ1) is 12.2. The maximum atomic E-state index is 10.1. The van der Waals surface area contributed by atoms with Gasteiger partial charge >= 0.3 is 0 Å². The normalized spacial score (nSPS) is 12.1. The van der Waals surface area contributed by atoms with E-state index in [1.165, 1.54) is 0 Å². The maximum absolute atomic E-state index is 10.1. The monoisotopic (exact) mass is 340 g/mol. The second kappa shape index (κ2) is 8.36. The summed E-state index contributed by atoms with van der Waals surface area (Å²) in [5.41, 5.74) is 1.95. The summed E-state index contributed by atoms with van der Waals surface area (Å²) in [4.78, 5) is 8.03. The lowest BCUT2D eigenvalue weighted by Gasteiger charge is -2.12. The lowest BCUT2D eigenvalue weighted by Crippen LogP contribution is -2.21. The third-order valence-corrected chi connectivity index (χ3v) is 3.62. The molecule has 7 nitrogen and oxygen atoms in total. The Hall–Kier alpha value is -2.77. The fraction of sp³-hybridized carbons (Fsp3) is 0.278. The molecule has 3 rings (SSSR count). The van der Waals surface area contributed by atoms with Gasteiger partial charge in [0.25, 0.3) is 0 Å². The molecule has 130 valence electrons. The molecule has 2 heterocycles. The van der Waals surface area contributed by atoms with E-state index in [1.807, 2.05) is 36.4 Å². The molecule has 2 N–H and O–H groups in total. The van der Waals surface area contributed by atoms with Crippen LogP contribution in [0.15, 0.2) is 53.3 Å². The second-order valence-corrected chi connectivity index (χ2v) is 5.59. The summed E-state index contributed by atoms with van der Waals surface area (Å²) >= 11 is 0. The zero-order valence-electron chi connectivity index (χ0n) is 13.9. The maximum Gasteiger partial charge on any atom is 0.223 e. The number of ether oxygens (including phenoxy) is 1. The van der Waals surface area contributed by atoms with Gasteiger partial charge in [-0.05, 0) is 35.4 Å². The molecule has 1 unspecified atom stereocenters. The summed E-state index contributed by atoms with van der Waals surface area (Å²) in [7, 11) is 0. The SMILES string of the molecule is Cc1nc(COc2ccc(CNCC(O)c3ccncc3)cc2)no1. The van der Waals surface area contributed by atoms with E-state index in [0.29, 0.717) is 24.8 Å². The zero-order chi connectivity index (χ0) is 17.5. The number of pyridine rings is 1. The van der Waals surface area contributed by atoms with Gasteiger partial charge in [0.15, 0.2) is 6.61 Å². The number of benzene rings is 1. The van der Waals surface area contributed by atoms with Crippen molar-refractivity contribution in [3.8, 4) is 5.75 Å². The number of rotatable bonds is 8. The van der Waals surface area contributed by atoms with Gasteiger partial charge in [-0.15, -0.1) is 0 Å². The number of hydrogen-bond donors (Lipinski definition) is 2. The van der Waals surface area contributed by atoms with Crippen LogP contribution in [0.5, 0.6) is 5.75 Å². The van der Waals surface area contributed by atoms with Gasteiger partial charge in [0.2, 0.25) is 11.7 Å². The molecule has 0 spiro atoms. The van der Waals surface area contributed by atoms with Crippen LogP contribution in [0.2, 0.25) is 0 Å². The van der Waals surface area contributed by atoms with Crippen molar-refractivity contribution in [1.29, 1.82) is 0 Å². The third-order valence-electron chi connectivity index (χ3n) is 3.62. The summed E-state index contributed by atoms with van der Waals surface area (Å²) in [6.45, 7) is 3.14. The van der Waals surface area contributed by atoms with Crippen molar-refractivity contribution in [2.24, 2.45) is 0 Å². The molecule has 1 atom stereocenters. The van der Waals surface area contributed by atoms with Crippen LogP contribution in [0, 0.1) is 6.92 Å². The van der Waals surface area contributed by atoms with E-state index >= 15 is 0 Å². The molecule has 25 heavy (non-hydrogen) atoms. The minimum atomic E-state index is -0.552. The van der Waals surface area contributed by atoms with E-state index in [4.69, 9.17) is 9.26 Å². The van der Waals surface area contributed by atoms with Gasteiger partial charge in [-0.1, -0.05) is 17.3 Å². The fourth-order valence-corrected chi connectivity index (χ4v) is 2.31. The highest BCUT2D eigenvalue weighted by Crippen LogP contribution is 2.14. The highest BCUT2D eigenvalue weighted by molar-refractivity contribution is 5.27. The minimum absolute atomic E-state index is 0.271. The van der Waals surface area contributed by atoms with Crippen molar-refractivity contribution in [2.75, 3.05) is 6.54 Å². The predicted molar refractivity (Wildman–Crippen MR) is 90.7 cm³/mol. The van der Waals surface area contributed by atoms with Crippen LogP contribution in [0.1, 0.15) is 28.9 Å².